The first-order chi connectivity index (χ1) is 14.1. The minimum absolute atomic E-state index is 0.00956. The van der Waals surface area contributed by atoms with Crippen molar-refractivity contribution in [3.05, 3.63) is 76.0 Å². The number of rotatable bonds is 6. The maximum atomic E-state index is 12.0. The third-order valence-corrected chi connectivity index (χ3v) is 4.10. The minimum Gasteiger partial charge on any atom is -0.456 e. The predicted octanol–water partition coefficient (Wildman–Crippen LogP) is 3.74. The number of nitro groups is 1. The molecule has 0 amide bonds. The highest BCUT2D eigenvalue weighted by molar-refractivity contribution is 5.88. The lowest BCUT2D eigenvalue weighted by molar-refractivity contribution is -0.385. The Kier molecular flexibility index (Phi) is 4.93. The van der Waals surface area contributed by atoms with Crippen LogP contribution in [0.4, 0.5) is 5.69 Å². The van der Waals surface area contributed by atoms with Crippen LogP contribution >= 0.6 is 0 Å². The number of hydrogen-bond donors (Lipinski definition) is 0. The number of carbonyl (C=O) groups excluding carboxylic acids is 1. The van der Waals surface area contributed by atoms with Crippen LogP contribution < -0.4 is 9.47 Å². The summed E-state index contributed by atoms with van der Waals surface area (Å²) in [7, 11) is 0. The van der Waals surface area contributed by atoms with Gasteiger partial charge in [-0.1, -0.05) is 35.5 Å². The van der Waals surface area contributed by atoms with Gasteiger partial charge in [-0.3, -0.25) is 10.1 Å². The summed E-state index contributed by atoms with van der Waals surface area (Å²) in [5, 5.41) is 15.1. The summed E-state index contributed by atoms with van der Waals surface area (Å²) in [5.41, 5.74) is 1.29. The van der Waals surface area contributed by atoms with Gasteiger partial charge in [-0.15, -0.1) is 0 Å². The van der Waals surface area contributed by atoms with Crippen molar-refractivity contribution in [1.29, 1.82) is 0 Å². The molecule has 1 aromatic heterocycles. The van der Waals surface area contributed by atoms with Crippen molar-refractivity contribution in [2.24, 2.45) is 0 Å². The van der Waals surface area contributed by atoms with Gasteiger partial charge in [-0.2, -0.15) is 0 Å². The molecule has 9 nitrogen and oxygen atoms in total. The highest BCUT2D eigenvalue weighted by atomic mass is 16.7. The summed E-state index contributed by atoms with van der Waals surface area (Å²) >= 11 is 0. The van der Waals surface area contributed by atoms with Gasteiger partial charge in [-0.05, 0) is 12.1 Å². The van der Waals surface area contributed by atoms with E-state index < -0.39 is 10.9 Å². The Morgan fingerprint density at radius 1 is 1.17 bits per heavy atom. The molecule has 0 atom stereocenters. The van der Waals surface area contributed by atoms with Crippen molar-refractivity contribution in [1.82, 2.24) is 5.16 Å². The van der Waals surface area contributed by atoms with E-state index in [4.69, 9.17) is 18.7 Å². The molecule has 2 aromatic carbocycles. The second-order valence-electron chi connectivity index (χ2n) is 6.01. The van der Waals surface area contributed by atoms with Crippen LogP contribution in [0, 0.1) is 10.1 Å². The monoisotopic (exact) mass is 394 g/mol. The van der Waals surface area contributed by atoms with Gasteiger partial charge in [0, 0.05) is 17.7 Å². The number of ether oxygens (including phenoxy) is 3. The molecule has 1 aliphatic rings. The van der Waals surface area contributed by atoms with E-state index in [-0.39, 0.29) is 30.4 Å². The summed E-state index contributed by atoms with van der Waals surface area (Å²) in [4.78, 5) is 22.7. The first-order valence-corrected chi connectivity index (χ1v) is 8.54. The minimum atomic E-state index is -0.679. The molecule has 0 fully saturated rings. The molecular weight excluding hydrogens is 380 g/mol. The van der Waals surface area contributed by atoms with Crippen LogP contribution in [0.15, 0.2) is 59.1 Å². The third kappa shape index (κ3) is 4.08. The Morgan fingerprint density at radius 3 is 2.69 bits per heavy atom. The first kappa shape index (κ1) is 18.2. The van der Waals surface area contributed by atoms with Crippen molar-refractivity contribution in [2.75, 3.05) is 6.79 Å². The molecule has 29 heavy (non-hydrogen) atoms. The summed E-state index contributed by atoms with van der Waals surface area (Å²) in [5.74, 6) is 0.542. The second kappa shape index (κ2) is 7.85. The van der Waals surface area contributed by atoms with Crippen molar-refractivity contribution in [2.45, 2.75) is 6.61 Å². The van der Waals surface area contributed by atoms with Gasteiger partial charge < -0.3 is 18.7 Å². The fourth-order valence-electron chi connectivity index (χ4n) is 2.71. The van der Waals surface area contributed by atoms with Crippen LogP contribution in [0.1, 0.15) is 11.3 Å². The average molecular weight is 394 g/mol. The summed E-state index contributed by atoms with van der Waals surface area (Å²) in [6.07, 6.45) is 2.39. The summed E-state index contributed by atoms with van der Waals surface area (Å²) < 4.78 is 20.7. The highest BCUT2D eigenvalue weighted by Gasteiger charge is 2.22. The molecule has 9 heteroatoms. The number of aromatic nitrogens is 1. The number of esters is 1. The topological polar surface area (TPSA) is 114 Å². The molecule has 4 rings (SSSR count). The quantitative estimate of drug-likeness (QED) is 0.269. The van der Waals surface area contributed by atoms with Crippen LogP contribution in [-0.4, -0.2) is 22.8 Å². The fraction of sp³-hybridized carbons (Fsp3) is 0.100. The van der Waals surface area contributed by atoms with E-state index in [1.165, 1.54) is 18.2 Å². The van der Waals surface area contributed by atoms with Crippen LogP contribution in [0.25, 0.3) is 17.4 Å². The van der Waals surface area contributed by atoms with Gasteiger partial charge in [0.15, 0.2) is 17.3 Å². The van der Waals surface area contributed by atoms with E-state index in [9.17, 15) is 14.9 Å². The molecule has 0 saturated heterocycles. The zero-order chi connectivity index (χ0) is 20.2. The molecule has 0 N–H and O–H groups in total. The lowest BCUT2D eigenvalue weighted by Crippen LogP contribution is -2.01. The zero-order valence-corrected chi connectivity index (χ0v) is 14.9. The lowest BCUT2D eigenvalue weighted by atomic mass is 10.1. The number of nitro benzene ring substituents is 1. The Labute approximate surface area is 164 Å². The van der Waals surface area contributed by atoms with Gasteiger partial charge in [0.1, 0.15) is 12.3 Å². The van der Waals surface area contributed by atoms with Crippen LogP contribution in [0.5, 0.6) is 11.5 Å². The number of nitrogens with zero attached hydrogens (tertiary/aromatic N) is 2. The molecule has 0 aliphatic carbocycles. The maximum absolute atomic E-state index is 12.0. The molecular formula is C20H14N2O7. The van der Waals surface area contributed by atoms with Crippen molar-refractivity contribution >= 4 is 17.7 Å². The summed E-state index contributed by atoms with van der Waals surface area (Å²) in [6, 6.07) is 13.8. The second-order valence-corrected chi connectivity index (χ2v) is 6.01. The highest BCUT2D eigenvalue weighted by Crippen LogP contribution is 2.38. The molecule has 0 unspecified atom stereocenters. The van der Waals surface area contributed by atoms with E-state index in [0.717, 1.165) is 11.6 Å². The number of hydrogen-bond acceptors (Lipinski definition) is 8. The standard InChI is InChI=1S/C20H14N2O7/c23-20(26-11-15-9-17(29-21-15)13-4-2-1-3-5-13)7-6-14-8-18-19(28-12-27-18)10-16(14)22(24)25/h1-10H,11-12H2/b7-6+. The van der Waals surface area contributed by atoms with E-state index in [1.54, 1.807) is 6.07 Å². The summed E-state index contributed by atoms with van der Waals surface area (Å²) in [6.45, 7) is -0.104. The van der Waals surface area contributed by atoms with Gasteiger partial charge in [0.25, 0.3) is 5.69 Å². The van der Waals surface area contributed by atoms with Crippen molar-refractivity contribution in [3.8, 4) is 22.8 Å². The van der Waals surface area contributed by atoms with Crippen LogP contribution in [-0.2, 0) is 16.1 Å². The Balaban J connectivity index is 1.41. The van der Waals surface area contributed by atoms with E-state index in [0.29, 0.717) is 17.2 Å². The largest absolute Gasteiger partial charge is 0.456 e. The zero-order valence-electron chi connectivity index (χ0n) is 14.9. The van der Waals surface area contributed by atoms with E-state index in [2.05, 4.69) is 5.16 Å². The van der Waals surface area contributed by atoms with Crippen LogP contribution in [0.2, 0.25) is 0 Å². The van der Waals surface area contributed by atoms with Gasteiger partial charge >= 0.3 is 5.97 Å². The number of benzene rings is 2. The molecule has 146 valence electrons. The van der Waals surface area contributed by atoms with Gasteiger partial charge in [0.05, 0.1) is 16.6 Å². The van der Waals surface area contributed by atoms with Crippen molar-refractivity contribution < 1.29 is 28.5 Å². The molecule has 0 bridgehead atoms. The SMILES string of the molecule is O=C(/C=C/c1cc2c(cc1[N+](=O)[O-])OCO2)OCc1cc(-c2ccccc2)on1. The fourth-order valence-corrected chi connectivity index (χ4v) is 2.71. The van der Waals surface area contributed by atoms with E-state index >= 15 is 0 Å². The number of fused-ring (bicyclic) bond motifs is 1. The molecule has 2 heterocycles. The van der Waals surface area contributed by atoms with Crippen molar-refractivity contribution in [3.63, 3.8) is 0 Å². The van der Waals surface area contributed by atoms with Gasteiger partial charge in [-0.25, -0.2) is 4.79 Å². The first-order valence-electron chi connectivity index (χ1n) is 8.54. The molecule has 0 saturated carbocycles. The van der Waals surface area contributed by atoms with Crippen LogP contribution in [0.3, 0.4) is 0 Å². The molecule has 0 spiro atoms. The third-order valence-electron chi connectivity index (χ3n) is 4.10. The van der Waals surface area contributed by atoms with E-state index in [1.807, 2.05) is 30.3 Å². The lowest BCUT2D eigenvalue weighted by Gasteiger charge is -2.01. The van der Waals surface area contributed by atoms with Gasteiger partial charge in [0.2, 0.25) is 6.79 Å². The smallest absolute Gasteiger partial charge is 0.331 e. The maximum Gasteiger partial charge on any atom is 0.331 e. The molecule has 3 aromatic rings. The normalized spacial score (nSPS) is 12.3. The Hall–Kier alpha value is -4.14. The Bertz CT molecular complexity index is 1090. The molecule has 0 radical (unpaired) electrons. The predicted molar refractivity (Wildman–Crippen MR) is 100.0 cm³/mol. The Morgan fingerprint density at radius 2 is 1.93 bits per heavy atom. The molecule has 1 aliphatic heterocycles. The average Bonchev–Trinajstić information content (AvgIpc) is 3.39. The number of carbonyl (C=O) groups is 1.